The minimum Gasteiger partial charge on any atom is -0.478 e. The zero-order chi connectivity index (χ0) is 98.7. The van der Waals surface area contributed by atoms with Crippen LogP contribution in [-0.2, 0) is 117 Å². The number of carboxylic acids is 3. The molecule has 41 heteroatoms. The van der Waals surface area contributed by atoms with Crippen molar-refractivity contribution in [3.8, 4) is 0 Å². The van der Waals surface area contributed by atoms with Crippen LogP contribution in [0.2, 0.25) is 77.1 Å². The Morgan fingerprint density at radius 1 is 0.441 bits per heavy atom. The molecule has 0 aromatic carbocycles. The first-order valence-corrected chi connectivity index (χ1v) is 56.2. The molecule has 136 heavy (non-hydrogen) atoms. The second kappa shape index (κ2) is 47.3. The standard InChI is InChI=1S/C22H27N3O3Si.C20H24BrN3O2Si.C15H11N3O3.C13H20N2O2Si.C9H8BrNO4.C7H8BrNO2.C7H5NO4.CH4O.CH4/c1-15(26)17-10-16-11-22(12-19(16)24-13-17)18-6-5-7-23-20(18)25(21(22)27)14-28-8-9-29(2,3)4;1-27(2,3)8-7-26-13-24-18-16(5-4-6-22-18)20(19(24)25)10-14-9-15(21)12-23-17(14)11-20;19-13(20)9-4-8-5-15(6-11(8)17-7-9)10-2-1-3-16-12(10)18-14(15)21;1-18(2,3)8-7-17-10-15-12(16)9-11-5-4-6-14-13(11)15;1-14-8(12)6-3-5(10)4-11-7(6)9(13)15-2;8-6-1-5(3-10)7(4-11)9-2-6;9-6(10)4-2-1-3-8-5(4)7(11)12;1-2;/h5-7,10,13H,8-9,11-12,14H2,1-4H3;4-6,9,12H,7-8,10-11,13H2,1-3H3;1-4,7H,5-6H2,(H,19,20)(H,16,18,21);4-6H,7-10H2,1-3H3;3-4H,1-2H3;1-2,10-11H,3-4H2;1-3H,(H,9,10)(H,11,12);2H,1H3;1H4/t22-;;15-;;;;;;/m0.0....../s1. The summed E-state index contributed by atoms with van der Waals surface area (Å²) in [6, 6.07) is 29.9. The number of hydrogen-bond donors (Lipinski definition) is 7. The minimum atomic E-state index is -1.34. The van der Waals surface area contributed by atoms with E-state index in [2.05, 4.69) is 177 Å². The van der Waals surface area contributed by atoms with Crippen molar-refractivity contribution in [2.75, 3.05) is 81.4 Å². The van der Waals surface area contributed by atoms with Crippen LogP contribution in [0.4, 0.5) is 23.3 Å². The number of ketones is 1. The Morgan fingerprint density at radius 3 is 1.37 bits per heavy atom. The number of Topliss-reactive ketones (excluding diaryl/α,β-unsaturated/α-hetero) is 1. The van der Waals surface area contributed by atoms with Gasteiger partial charge in [0.15, 0.2) is 17.2 Å². The lowest BCUT2D eigenvalue weighted by Crippen LogP contribution is -2.42. The molecule has 7 aliphatic rings. The first-order valence-electron chi connectivity index (χ1n) is 42.7. The molecule has 10 aromatic heterocycles. The minimum absolute atomic E-state index is 0. The van der Waals surface area contributed by atoms with Crippen molar-refractivity contribution in [2.24, 2.45) is 0 Å². The van der Waals surface area contributed by atoms with E-state index in [1.165, 1.54) is 57.9 Å². The smallest absolute Gasteiger partial charge is 0.357 e. The molecule has 0 bridgehead atoms. The lowest BCUT2D eigenvalue weighted by molar-refractivity contribution is -0.124. The summed E-state index contributed by atoms with van der Waals surface area (Å²) in [5.74, 6) is -2.11. The number of carboxylic acid groups (broad SMARTS) is 3. The molecule has 4 amide bonds. The number of carbonyl (C=O) groups excluding carboxylic acids is 7. The number of aromatic carboxylic acids is 3. The number of halogens is 3. The SMILES string of the molecule is C.CC(=O)c1cnc2c(c1)C[C@@]1(C2)C(=O)N(COCC[Si](C)(C)C)c2ncccc21.CO.COC(=O)c1cc(Br)cnc1C(=O)OC.C[Si](C)(C)CCOCN1C(=O)C2(Cc3cc(Br)cnc3C2)c2cccnc21.C[Si](C)(C)CCOCN1C(=O)Cc2cccnc21.O=C(O)c1cccnc1C(=O)O.O=C(O)c1cnc2c(c1)C[C@@]1(C2)C(=O)Nc2ncccc21.OCc1cc(Br)cnc1CO. The number of rotatable bonds is 23. The van der Waals surface area contributed by atoms with Crippen molar-refractivity contribution in [1.29, 1.82) is 0 Å². The summed E-state index contributed by atoms with van der Waals surface area (Å²) in [6.07, 6.45) is 19.5. The van der Waals surface area contributed by atoms with Gasteiger partial charge in [-0.3, -0.25) is 58.6 Å². The number of amides is 4. The number of anilines is 4. The molecule has 17 rings (SSSR count). The van der Waals surface area contributed by atoms with Crippen LogP contribution in [0.3, 0.4) is 0 Å². The molecule has 0 fully saturated rings. The number of pyridine rings is 10. The first kappa shape index (κ1) is 108. The Hall–Kier alpha value is -11.7. The molecule has 10 aromatic rings. The third-order valence-corrected chi connectivity index (χ3v) is 29.2. The van der Waals surface area contributed by atoms with Crippen LogP contribution in [0.25, 0.3) is 0 Å². The highest BCUT2D eigenvalue weighted by molar-refractivity contribution is 9.11. The molecule has 0 saturated heterocycles. The molecule has 35 nitrogen and oxygen atoms in total. The molecule has 4 aliphatic heterocycles. The van der Waals surface area contributed by atoms with Gasteiger partial charge in [0, 0.05) is 196 Å². The summed E-state index contributed by atoms with van der Waals surface area (Å²) < 4.78 is 28.7. The quantitative estimate of drug-likeness (QED) is 0.0135. The van der Waals surface area contributed by atoms with Crippen molar-refractivity contribution in [2.45, 2.75) is 166 Å². The molecule has 3 aliphatic carbocycles. The van der Waals surface area contributed by atoms with Crippen LogP contribution in [-0.4, -0.2) is 225 Å². The molecule has 0 radical (unpaired) electrons. The number of hydrogen-bond acceptors (Lipinski definition) is 28. The second-order valence-electron chi connectivity index (χ2n) is 35.8. The van der Waals surface area contributed by atoms with E-state index in [1.807, 2.05) is 48.5 Å². The van der Waals surface area contributed by atoms with Gasteiger partial charge in [-0.2, -0.15) is 0 Å². The second-order valence-corrected chi connectivity index (χ2v) is 55.4. The number of nitrogens with one attached hydrogen (secondary N) is 1. The van der Waals surface area contributed by atoms with E-state index in [4.69, 9.17) is 44.8 Å². The average molecular weight is 2110 g/mol. The number of nitrogens with zero attached hydrogens (tertiary/aromatic N) is 13. The summed E-state index contributed by atoms with van der Waals surface area (Å²) in [7, 11) is 0.0227. The number of methoxy groups -OCH3 is 2. The third kappa shape index (κ3) is 26.1. The van der Waals surface area contributed by atoms with Gasteiger partial charge in [-0.15, -0.1) is 0 Å². The molecule has 3 atom stereocenters. The van der Waals surface area contributed by atoms with E-state index >= 15 is 0 Å². The van der Waals surface area contributed by atoms with Crippen molar-refractivity contribution in [3.63, 3.8) is 0 Å². The monoisotopic (exact) mass is 2100 g/mol. The number of ether oxygens (including phenoxy) is 5. The fourth-order valence-electron chi connectivity index (χ4n) is 15.7. The van der Waals surface area contributed by atoms with Gasteiger partial charge in [0.2, 0.25) is 23.6 Å². The van der Waals surface area contributed by atoms with Crippen LogP contribution in [0, 0.1) is 0 Å². The van der Waals surface area contributed by atoms with Crippen LogP contribution in [0.5, 0.6) is 0 Å². The van der Waals surface area contributed by atoms with Crippen molar-refractivity contribution < 1.29 is 102 Å². The number of aromatic nitrogens is 10. The maximum absolute atomic E-state index is 13.6. The largest absolute Gasteiger partial charge is 0.478 e. The van der Waals surface area contributed by atoms with Gasteiger partial charge in [0.05, 0.1) is 72.5 Å². The topological polar surface area (TPSA) is 489 Å². The molecule has 7 N–H and O–H groups in total. The van der Waals surface area contributed by atoms with E-state index in [0.717, 1.165) is 108 Å². The normalized spacial score (nSPS) is 16.6. The number of aliphatic hydroxyl groups excluding tert-OH is 3. The molecule has 0 saturated carbocycles. The lowest BCUT2D eigenvalue weighted by atomic mass is 9.79. The summed E-state index contributed by atoms with van der Waals surface area (Å²) in [5, 5.41) is 53.4. The Morgan fingerprint density at radius 2 is 0.875 bits per heavy atom. The summed E-state index contributed by atoms with van der Waals surface area (Å²) in [4.78, 5) is 164. The van der Waals surface area contributed by atoms with E-state index in [9.17, 15) is 47.9 Å². The van der Waals surface area contributed by atoms with Gasteiger partial charge in [-0.25, -0.2) is 53.9 Å². The maximum atomic E-state index is 13.6. The molecule has 3 spiro atoms. The Bertz CT molecular complexity index is 6060. The average Bonchev–Trinajstić information content (AvgIpc) is 1.56. The molecular formula is C95H111Br3N14O21Si3. The van der Waals surface area contributed by atoms with E-state index in [0.29, 0.717) is 97.8 Å². The summed E-state index contributed by atoms with van der Waals surface area (Å²) in [5.41, 5.74) is 8.58. The van der Waals surface area contributed by atoms with Crippen molar-refractivity contribution in [3.05, 3.63) is 267 Å². The van der Waals surface area contributed by atoms with Crippen LogP contribution >= 0.6 is 47.8 Å². The Labute approximate surface area is 815 Å². The highest BCUT2D eigenvalue weighted by Gasteiger charge is 2.57. The highest BCUT2D eigenvalue weighted by atomic mass is 79.9. The van der Waals surface area contributed by atoms with E-state index in [-0.39, 0.29) is 85.9 Å². The van der Waals surface area contributed by atoms with Crippen molar-refractivity contribution in [1.82, 2.24) is 49.8 Å². The Balaban J connectivity index is 0.000000181. The van der Waals surface area contributed by atoms with Gasteiger partial charge in [-0.05, 0) is 176 Å². The van der Waals surface area contributed by atoms with Crippen LogP contribution in [0.15, 0.2) is 166 Å². The van der Waals surface area contributed by atoms with Crippen LogP contribution < -0.4 is 20.0 Å². The summed E-state index contributed by atoms with van der Waals surface area (Å²) in [6.45, 7) is 25.0. The number of fused-ring (bicyclic) bond motifs is 10. The zero-order valence-electron chi connectivity index (χ0n) is 76.9. The predicted octanol–water partition coefficient (Wildman–Crippen LogP) is 13.7. The van der Waals surface area contributed by atoms with Gasteiger partial charge in [-0.1, -0.05) is 90.6 Å². The molecule has 1 unspecified atom stereocenters. The summed E-state index contributed by atoms with van der Waals surface area (Å²) >= 11 is 9.85. The molecule has 720 valence electrons. The molecule has 14 heterocycles. The van der Waals surface area contributed by atoms with E-state index in [1.54, 1.807) is 76.3 Å². The number of esters is 2. The van der Waals surface area contributed by atoms with Gasteiger partial charge in [0.1, 0.15) is 43.5 Å². The molecular weight excluding hydrogens is 2000 g/mol. The van der Waals surface area contributed by atoms with Gasteiger partial charge < -0.3 is 59.6 Å². The number of carbonyl (C=O) groups is 10. The fraction of sp³-hybridized carbons (Fsp3) is 0.368. The van der Waals surface area contributed by atoms with Crippen molar-refractivity contribution >= 4 is 155 Å². The lowest BCUT2D eigenvalue weighted by Gasteiger charge is -2.23. The predicted molar refractivity (Wildman–Crippen MR) is 525 cm³/mol. The number of aliphatic hydroxyl groups is 3. The maximum Gasteiger partial charge on any atom is 0.357 e. The van der Waals surface area contributed by atoms with Gasteiger partial charge in [0.25, 0.3) is 0 Å². The third-order valence-electron chi connectivity index (χ3n) is 22.7. The fourth-order valence-corrected chi connectivity index (χ4v) is 19.1. The van der Waals surface area contributed by atoms with Gasteiger partial charge >= 0.3 is 29.8 Å². The Kier molecular flexibility index (Phi) is 37.6. The first-order chi connectivity index (χ1) is 64.1. The van der Waals surface area contributed by atoms with Crippen LogP contribution in [0.1, 0.15) is 144 Å². The van der Waals surface area contributed by atoms with E-state index < -0.39 is 76.0 Å². The zero-order valence-corrected chi connectivity index (χ0v) is 84.7. The highest BCUT2D eigenvalue weighted by Crippen LogP contribution is 2.51.